The third-order valence-electron chi connectivity index (χ3n) is 4.42. The summed E-state index contributed by atoms with van der Waals surface area (Å²) < 4.78 is 10.9. The number of hydrogen-bond acceptors (Lipinski definition) is 4. The molecule has 1 saturated carbocycles. The molecule has 0 amide bonds. The molecule has 0 atom stereocenters. The fourth-order valence-electron chi connectivity index (χ4n) is 3.01. The van der Waals surface area contributed by atoms with Crippen molar-refractivity contribution in [3.05, 3.63) is 35.4 Å². The molecule has 0 unspecified atom stereocenters. The van der Waals surface area contributed by atoms with Crippen LogP contribution in [0.2, 0.25) is 0 Å². The molecule has 1 aliphatic rings. The van der Waals surface area contributed by atoms with Gasteiger partial charge in [0.1, 0.15) is 6.10 Å². The summed E-state index contributed by atoms with van der Waals surface area (Å²) in [5.74, 6) is -0.858. The number of unbranched alkanes of at least 4 members (excludes halogenated alkanes) is 3. The van der Waals surface area contributed by atoms with Crippen LogP contribution < -0.4 is 0 Å². The van der Waals surface area contributed by atoms with Gasteiger partial charge in [-0.25, -0.2) is 9.59 Å². The van der Waals surface area contributed by atoms with Crippen LogP contribution in [0, 0.1) is 0 Å². The highest BCUT2D eigenvalue weighted by Crippen LogP contribution is 2.22. The first-order valence-electron chi connectivity index (χ1n) is 9.19. The maximum absolute atomic E-state index is 12.4. The smallest absolute Gasteiger partial charge is 0.339 e. The zero-order valence-corrected chi connectivity index (χ0v) is 14.6. The average Bonchev–Trinajstić information content (AvgIpc) is 2.62. The van der Waals surface area contributed by atoms with Crippen molar-refractivity contribution in [2.24, 2.45) is 0 Å². The predicted octanol–water partition coefficient (Wildman–Crippen LogP) is 4.91. The van der Waals surface area contributed by atoms with Gasteiger partial charge in [-0.1, -0.05) is 44.7 Å². The standard InChI is InChI=1S/C20H28O4/c1-2-3-4-10-15-23-19(21)17-13-8-9-14-18(17)20(22)24-16-11-6-5-7-12-16/h8-9,13-14,16H,2-7,10-12,15H2,1H3. The fourth-order valence-corrected chi connectivity index (χ4v) is 3.01. The van der Waals surface area contributed by atoms with Crippen LogP contribution in [0.15, 0.2) is 24.3 Å². The second-order valence-corrected chi connectivity index (χ2v) is 6.41. The van der Waals surface area contributed by atoms with Crippen molar-refractivity contribution in [3.8, 4) is 0 Å². The van der Waals surface area contributed by atoms with Crippen molar-refractivity contribution >= 4 is 11.9 Å². The summed E-state index contributed by atoms with van der Waals surface area (Å²) in [7, 11) is 0. The molecule has 4 heteroatoms. The van der Waals surface area contributed by atoms with Crippen molar-refractivity contribution in [2.45, 2.75) is 70.8 Å². The van der Waals surface area contributed by atoms with Gasteiger partial charge in [-0.2, -0.15) is 0 Å². The largest absolute Gasteiger partial charge is 0.462 e. The molecular formula is C20H28O4. The highest BCUT2D eigenvalue weighted by Gasteiger charge is 2.23. The Bertz CT molecular complexity index is 532. The van der Waals surface area contributed by atoms with E-state index in [0.717, 1.165) is 51.4 Å². The summed E-state index contributed by atoms with van der Waals surface area (Å²) in [5.41, 5.74) is 0.607. The molecule has 0 bridgehead atoms. The van der Waals surface area contributed by atoms with Crippen molar-refractivity contribution in [1.29, 1.82) is 0 Å². The number of hydrogen-bond donors (Lipinski definition) is 0. The van der Waals surface area contributed by atoms with Crippen molar-refractivity contribution in [1.82, 2.24) is 0 Å². The highest BCUT2D eigenvalue weighted by molar-refractivity contribution is 6.03. The number of esters is 2. The molecule has 0 saturated heterocycles. The Labute approximate surface area is 144 Å². The topological polar surface area (TPSA) is 52.6 Å². The average molecular weight is 332 g/mol. The van der Waals surface area contributed by atoms with E-state index in [4.69, 9.17) is 9.47 Å². The van der Waals surface area contributed by atoms with Crippen LogP contribution in [0.25, 0.3) is 0 Å². The van der Waals surface area contributed by atoms with Crippen molar-refractivity contribution < 1.29 is 19.1 Å². The van der Waals surface area contributed by atoms with E-state index in [0.29, 0.717) is 17.7 Å². The maximum atomic E-state index is 12.4. The first-order chi connectivity index (χ1) is 11.7. The third-order valence-corrected chi connectivity index (χ3v) is 4.42. The SMILES string of the molecule is CCCCCCOC(=O)c1ccccc1C(=O)OC1CCCCC1. The first kappa shape index (κ1) is 18.5. The van der Waals surface area contributed by atoms with Gasteiger partial charge in [0.2, 0.25) is 0 Å². The number of ether oxygens (including phenoxy) is 2. The molecule has 2 rings (SSSR count). The second kappa shape index (κ2) is 10.1. The fraction of sp³-hybridized carbons (Fsp3) is 0.600. The van der Waals surface area contributed by atoms with Gasteiger partial charge in [0.05, 0.1) is 17.7 Å². The normalized spacial score (nSPS) is 15.0. The summed E-state index contributed by atoms with van der Waals surface area (Å²) in [6.07, 6.45) is 9.39. The predicted molar refractivity (Wildman–Crippen MR) is 93.2 cm³/mol. The Hall–Kier alpha value is -1.84. The highest BCUT2D eigenvalue weighted by atomic mass is 16.5. The Morgan fingerprint density at radius 1 is 0.958 bits per heavy atom. The van der Waals surface area contributed by atoms with Gasteiger partial charge >= 0.3 is 11.9 Å². The molecule has 1 aromatic rings. The van der Waals surface area contributed by atoms with E-state index < -0.39 is 11.9 Å². The van der Waals surface area contributed by atoms with Crippen LogP contribution in [0.1, 0.15) is 85.4 Å². The number of carbonyl (C=O) groups excluding carboxylic acids is 2. The summed E-state index contributed by atoms with van der Waals surface area (Å²) in [6, 6.07) is 6.76. The van der Waals surface area contributed by atoms with Gasteiger partial charge in [-0.3, -0.25) is 0 Å². The summed E-state index contributed by atoms with van der Waals surface area (Å²) >= 11 is 0. The van der Waals surface area contributed by atoms with Crippen LogP contribution in [0.5, 0.6) is 0 Å². The minimum atomic E-state index is -0.442. The summed E-state index contributed by atoms with van der Waals surface area (Å²) in [6.45, 7) is 2.53. The van der Waals surface area contributed by atoms with Gasteiger partial charge in [-0.05, 0) is 44.2 Å². The number of benzene rings is 1. The Morgan fingerprint density at radius 2 is 1.62 bits per heavy atom. The monoisotopic (exact) mass is 332 g/mol. The zero-order valence-electron chi connectivity index (χ0n) is 14.6. The van der Waals surface area contributed by atoms with E-state index in [-0.39, 0.29) is 6.10 Å². The second-order valence-electron chi connectivity index (χ2n) is 6.41. The Balaban J connectivity index is 1.92. The van der Waals surface area contributed by atoms with E-state index >= 15 is 0 Å². The molecule has 0 aliphatic heterocycles. The molecule has 0 aromatic heterocycles. The first-order valence-corrected chi connectivity index (χ1v) is 9.19. The molecule has 0 heterocycles. The zero-order chi connectivity index (χ0) is 17.2. The summed E-state index contributed by atoms with van der Waals surface area (Å²) in [4.78, 5) is 24.7. The molecule has 132 valence electrons. The van der Waals surface area contributed by atoms with Crippen LogP contribution in [-0.2, 0) is 9.47 Å². The minimum Gasteiger partial charge on any atom is -0.462 e. The quantitative estimate of drug-likeness (QED) is 0.501. The Morgan fingerprint density at radius 3 is 2.29 bits per heavy atom. The van der Waals surface area contributed by atoms with E-state index in [1.165, 1.54) is 6.42 Å². The minimum absolute atomic E-state index is 0.0237. The van der Waals surface area contributed by atoms with Crippen molar-refractivity contribution in [3.63, 3.8) is 0 Å². The lowest BCUT2D eigenvalue weighted by atomic mass is 9.97. The van der Waals surface area contributed by atoms with E-state index in [1.807, 2.05) is 0 Å². The van der Waals surface area contributed by atoms with Crippen LogP contribution in [0.4, 0.5) is 0 Å². The van der Waals surface area contributed by atoms with Gasteiger partial charge in [0.25, 0.3) is 0 Å². The van der Waals surface area contributed by atoms with Crippen LogP contribution >= 0.6 is 0 Å². The van der Waals surface area contributed by atoms with Crippen molar-refractivity contribution in [2.75, 3.05) is 6.61 Å². The van der Waals surface area contributed by atoms with E-state index in [1.54, 1.807) is 24.3 Å². The molecule has 1 aliphatic carbocycles. The molecule has 0 radical (unpaired) electrons. The number of carbonyl (C=O) groups is 2. The molecule has 0 spiro atoms. The summed E-state index contributed by atoms with van der Waals surface area (Å²) in [5, 5.41) is 0. The van der Waals surface area contributed by atoms with Gasteiger partial charge in [-0.15, -0.1) is 0 Å². The molecule has 4 nitrogen and oxygen atoms in total. The molecule has 0 N–H and O–H groups in total. The van der Waals surface area contributed by atoms with Gasteiger partial charge < -0.3 is 9.47 Å². The third kappa shape index (κ3) is 5.66. The van der Waals surface area contributed by atoms with Crippen LogP contribution in [0.3, 0.4) is 0 Å². The maximum Gasteiger partial charge on any atom is 0.339 e. The Kier molecular flexibility index (Phi) is 7.80. The van der Waals surface area contributed by atoms with Gasteiger partial charge in [0, 0.05) is 0 Å². The lowest BCUT2D eigenvalue weighted by Crippen LogP contribution is -2.22. The van der Waals surface area contributed by atoms with E-state index in [9.17, 15) is 9.59 Å². The van der Waals surface area contributed by atoms with Gasteiger partial charge in [0.15, 0.2) is 0 Å². The lowest BCUT2D eigenvalue weighted by molar-refractivity contribution is 0.0203. The van der Waals surface area contributed by atoms with Crippen LogP contribution in [-0.4, -0.2) is 24.6 Å². The molecule has 1 fully saturated rings. The lowest BCUT2D eigenvalue weighted by Gasteiger charge is -2.22. The molecular weight excluding hydrogens is 304 g/mol. The number of rotatable bonds is 8. The van der Waals surface area contributed by atoms with E-state index in [2.05, 4.69) is 6.92 Å². The molecule has 24 heavy (non-hydrogen) atoms. The molecule has 1 aromatic carbocycles.